The molecule has 5 heterocycles. The van der Waals surface area contributed by atoms with E-state index in [1.807, 2.05) is 19.1 Å². The lowest BCUT2D eigenvalue weighted by molar-refractivity contribution is 0.178. The fourth-order valence-electron chi connectivity index (χ4n) is 4.13. The quantitative estimate of drug-likeness (QED) is 0.362. The van der Waals surface area contributed by atoms with E-state index < -0.39 is 5.54 Å². The molecule has 10 heteroatoms. The average Bonchev–Trinajstić information content (AvgIpc) is 3.49. The third-order valence-corrected chi connectivity index (χ3v) is 5.81. The lowest BCUT2D eigenvalue weighted by atomic mass is 9.89. The Labute approximate surface area is 184 Å². The number of pyridine rings is 2. The summed E-state index contributed by atoms with van der Waals surface area (Å²) >= 11 is 0. The van der Waals surface area contributed by atoms with Crippen molar-refractivity contribution in [3.05, 3.63) is 48.3 Å². The Morgan fingerprint density at radius 2 is 2.09 bits per heavy atom. The first-order valence-electron chi connectivity index (χ1n) is 10.4. The van der Waals surface area contributed by atoms with Crippen molar-refractivity contribution in [3.8, 4) is 17.1 Å². The highest BCUT2D eigenvalue weighted by molar-refractivity contribution is 5.91. The van der Waals surface area contributed by atoms with Gasteiger partial charge >= 0.3 is 0 Å². The van der Waals surface area contributed by atoms with Crippen LogP contribution in [0.15, 0.2) is 36.9 Å². The Balaban J connectivity index is 1.66. The number of nitrogens with one attached hydrogen (secondary N) is 3. The van der Waals surface area contributed by atoms with Crippen LogP contribution in [-0.2, 0) is 5.54 Å². The third kappa shape index (κ3) is 3.53. The number of methoxy groups -OCH3 is 1. The molecule has 4 aromatic rings. The highest BCUT2D eigenvalue weighted by Crippen LogP contribution is 2.37. The monoisotopic (exact) mass is 432 g/mol. The smallest absolute Gasteiger partial charge is 0.213 e. The minimum absolute atomic E-state index is 0.0100. The molecule has 1 aliphatic rings. The first-order valence-corrected chi connectivity index (χ1v) is 10.4. The molecule has 4 aromatic heterocycles. The minimum atomic E-state index is -0.519. The average molecular weight is 432 g/mol. The maximum Gasteiger partial charge on any atom is 0.213 e. The van der Waals surface area contributed by atoms with Gasteiger partial charge < -0.3 is 25.5 Å². The predicted octanol–water partition coefficient (Wildman–Crippen LogP) is 2.44. The summed E-state index contributed by atoms with van der Waals surface area (Å²) < 4.78 is 5.15. The molecule has 0 saturated carbocycles. The zero-order chi connectivity index (χ0) is 22.1. The van der Waals surface area contributed by atoms with E-state index in [1.54, 1.807) is 31.9 Å². The van der Waals surface area contributed by atoms with Crippen molar-refractivity contribution in [2.75, 3.05) is 25.6 Å². The summed E-state index contributed by atoms with van der Waals surface area (Å²) in [5, 5.41) is 17.0. The van der Waals surface area contributed by atoms with Crippen molar-refractivity contribution in [1.82, 2.24) is 35.2 Å². The number of aliphatic hydroxyl groups is 1. The van der Waals surface area contributed by atoms with Crippen molar-refractivity contribution in [2.24, 2.45) is 0 Å². The number of aromatic nitrogens is 6. The molecule has 0 bridgehead atoms. The van der Waals surface area contributed by atoms with Gasteiger partial charge in [0.2, 0.25) is 5.88 Å². The molecule has 10 nitrogen and oxygen atoms in total. The van der Waals surface area contributed by atoms with Crippen molar-refractivity contribution < 1.29 is 9.84 Å². The van der Waals surface area contributed by atoms with Gasteiger partial charge in [-0.3, -0.25) is 0 Å². The molecule has 4 N–H and O–H groups in total. The van der Waals surface area contributed by atoms with Crippen molar-refractivity contribution in [3.63, 3.8) is 0 Å². The van der Waals surface area contributed by atoms with E-state index in [1.165, 1.54) is 0 Å². The highest BCUT2D eigenvalue weighted by atomic mass is 16.5. The van der Waals surface area contributed by atoms with Crippen molar-refractivity contribution in [2.45, 2.75) is 25.3 Å². The molecule has 164 valence electrons. The second-order valence-corrected chi connectivity index (χ2v) is 7.82. The molecular weight excluding hydrogens is 408 g/mol. The normalized spacial score (nSPS) is 18.2. The molecule has 0 aromatic carbocycles. The summed E-state index contributed by atoms with van der Waals surface area (Å²) in [6.45, 7) is 2.68. The van der Waals surface area contributed by atoms with E-state index in [-0.39, 0.29) is 6.61 Å². The Morgan fingerprint density at radius 1 is 1.19 bits per heavy atom. The fourth-order valence-corrected chi connectivity index (χ4v) is 4.13. The summed E-state index contributed by atoms with van der Waals surface area (Å²) in [6.07, 6.45) is 6.91. The maximum atomic E-state index is 10.2. The highest BCUT2D eigenvalue weighted by Gasteiger charge is 2.35. The summed E-state index contributed by atoms with van der Waals surface area (Å²) in [6, 6.07) is 5.67. The molecule has 0 radical (unpaired) electrons. The zero-order valence-corrected chi connectivity index (χ0v) is 17.9. The summed E-state index contributed by atoms with van der Waals surface area (Å²) in [5.41, 5.74) is 3.89. The van der Waals surface area contributed by atoms with Gasteiger partial charge in [0.15, 0.2) is 5.65 Å². The van der Waals surface area contributed by atoms with Crippen molar-refractivity contribution in [1.29, 1.82) is 0 Å². The SMILES string of the molecule is COc1ccc(Nc2ncc([C@]3(CO)CCCN3)cc2-c2nc(C)nc3[nH]cnc23)cn1. The van der Waals surface area contributed by atoms with Crippen LogP contribution in [0.2, 0.25) is 0 Å². The number of nitrogens with zero attached hydrogens (tertiary/aromatic N) is 5. The van der Waals surface area contributed by atoms with Gasteiger partial charge in [0.25, 0.3) is 0 Å². The largest absolute Gasteiger partial charge is 0.481 e. The number of aryl methyl sites for hydroxylation is 1. The van der Waals surface area contributed by atoms with E-state index in [0.717, 1.165) is 36.2 Å². The van der Waals surface area contributed by atoms with Crippen LogP contribution in [0.1, 0.15) is 24.2 Å². The molecule has 1 fully saturated rings. The van der Waals surface area contributed by atoms with Crippen molar-refractivity contribution >= 4 is 22.7 Å². The minimum Gasteiger partial charge on any atom is -0.481 e. The third-order valence-electron chi connectivity index (χ3n) is 5.81. The van der Waals surface area contributed by atoms with Gasteiger partial charge in [-0.15, -0.1) is 0 Å². The van der Waals surface area contributed by atoms with Crippen LogP contribution in [0, 0.1) is 6.92 Å². The van der Waals surface area contributed by atoms with Crippen LogP contribution in [0.3, 0.4) is 0 Å². The van der Waals surface area contributed by atoms with E-state index in [9.17, 15) is 5.11 Å². The van der Waals surface area contributed by atoms with Crippen LogP contribution < -0.4 is 15.4 Å². The maximum absolute atomic E-state index is 10.2. The summed E-state index contributed by atoms with van der Waals surface area (Å²) in [5.74, 6) is 1.75. The van der Waals surface area contributed by atoms with Gasteiger partial charge in [-0.05, 0) is 44.0 Å². The summed E-state index contributed by atoms with van der Waals surface area (Å²) in [4.78, 5) is 25.6. The first-order chi connectivity index (χ1) is 15.6. The number of anilines is 2. The van der Waals surface area contributed by atoms with Gasteiger partial charge in [0, 0.05) is 17.8 Å². The van der Waals surface area contributed by atoms with Crippen LogP contribution in [0.4, 0.5) is 11.5 Å². The van der Waals surface area contributed by atoms with Gasteiger partial charge in [-0.2, -0.15) is 0 Å². The molecule has 1 aliphatic heterocycles. The van der Waals surface area contributed by atoms with E-state index in [4.69, 9.17) is 14.7 Å². The van der Waals surface area contributed by atoms with Gasteiger partial charge in [-0.25, -0.2) is 24.9 Å². The predicted molar refractivity (Wildman–Crippen MR) is 120 cm³/mol. The van der Waals surface area contributed by atoms with E-state index >= 15 is 0 Å². The second-order valence-electron chi connectivity index (χ2n) is 7.82. The Morgan fingerprint density at radius 3 is 2.81 bits per heavy atom. The van der Waals surface area contributed by atoms with Crippen LogP contribution in [0.5, 0.6) is 5.88 Å². The van der Waals surface area contributed by atoms with E-state index in [2.05, 4.69) is 30.6 Å². The van der Waals surface area contributed by atoms with Crippen LogP contribution in [-0.4, -0.2) is 55.3 Å². The molecule has 0 amide bonds. The van der Waals surface area contributed by atoms with Crippen LogP contribution >= 0.6 is 0 Å². The molecule has 32 heavy (non-hydrogen) atoms. The topological polar surface area (TPSA) is 134 Å². The van der Waals surface area contributed by atoms with Gasteiger partial charge in [0.1, 0.15) is 22.9 Å². The number of rotatable bonds is 6. The number of aliphatic hydroxyl groups excluding tert-OH is 1. The number of hydrogen-bond acceptors (Lipinski definition) is 9. The molecule has 0 aliphatic carbocycles. The standard InChI is InChI=1S/C22H24N8O2/c1-13-28-18(19-21(29-13)26-12-25-19)16-8-14(22(11-31)6-3-7-27-22)9-24-20(16)30-15-4-5-17(32-2)23-10-15/h4-5,8-10,12,27,31H,3,6-7,11H2,1-2H3,(H,24,30)(H,25,26,28,29)/t22-/m1/s1. The van der Waals surface area contributed by atoms with E-state index in [0.29, 0.717) is 34.4 Å². The molecule has 0 unspecified atom stereocenters. The number of ether oxygens (including phenoxy) is 1. The molecule has 5 rings (SSSR count). The molecular formula is C22H24N8O2. The van der Waals surface area contributed by atoms with Crippen LogP contribution in [0.25, 0.3) is 22.4 Å². The second kappa shape index (κ2) is 8.13. The zero-order valence-electron chi connectivity index (χ0n) is 17.9. The number of imidazole rings is 1. The summed E-state index contributed by atoms with van der Waals surface area (Å²) in [7, 11) is 1.58. The molecule has 1 atom stereocenters. The fraction of sp³-hybridized carbons (Fsp3) is 0.318. The molecule has 0 spiro atoms. The van der Waals surface area contributed by atoms with Gasteiger partial charge in [0.05, 0.1) is 37.5 Å². The number of H-pyrrole nitrogens is 1. The number of aromatic amines is 1. The molecule has 1 saturated heterocycles. The Hall–Kier alpha value is -3.63. The lowest BCUT2D eigenvalue weighted by Crippen LogP contribution is -2.40. The Bertz CT molecular complexity index is 1250. The first kappa shape index (κ1) is 20.3. The Kier molecular flexibility index (Phi) is 5.16. The van der Waals surface area contributed by atoms with Gasteiger partial charge in [-0.1, -0.05) is 0 Å². The number of hydrogen-bond donors (Lipinski definition) is 4. The lowest BCUT2D eigenvalue weighted by Gasteiger charge is -2.28. The number of fused-ring (bicyclic) bond motifs is 1.